The second-order valence-electron chi connectivity index (χ2n) is 3.16. The van der Waals surface area contributed by atoms with E-state index in [0.29, 0.717) is 22.2 Å². The fourth-order valence-corrected chi connectivity index (χ4v) is 1.38. The number of benzene rings is 1. The average Bonchev–Trinajstić information content (AvgIpc) is 2.24. The molecule has 0 unspecified atom stereocenters. The molecule has 2 aromatic rings. The van der Waals surface area contributed by atoms with E-state index < -0.39 is 0 Å². The molecular weight excluding hydrogens is 228 g/mol. The second kappa shape index (κ2) is 4.24. The van der Waals surface area contributed by atoms with Gasteiger partial charge in [0.05, 0.1) is 17.0 Å². The number of rotatable bonds is 2. The van der Waals surface area contributed by atoms with E-state index >= 15 is 0 Å². The van der Waals surface area contributed by atoms with Gasteiger partial charge in [-0.2, -0.15) is 0 Å². The minimum Gasteiger partial charge on any atom is -0.399 e. The van der Waals surface area contributed by atoms with Crippen LogP contribution in [0.5, 0.6) is 0 Å². The van der Waals surface area contributed by atoms with Crippen LogP contribution in [0, 0.1) is 0 Å². The van der Waals surface area contributed by atoms with Crippen molar-refractivity contribution in [3.8, 4) is 0 Å². The van der Waals surface area contributed by atoms with Crippen molar-refractivity contribution in [1.29, 1.82) is 0 Å². The number of aromatic nitrogens is 2. The summed E-state index contributed by atoms with van der Waals surface area (Å²) < 4.78 is 0. The zero-order valence-corrected chi connectivity index (χ0v) is 8.95. The Labute approximate surface area is 96.3 Å². The lowest BCUT2D eigenvalue weighted by Crippen LogP contribution is -2.06. The van der Waals surface area contributed by atoms with Crippen molar-refractivity contribution < 1.29 is 0 Å². The fraction of sp³-hybridized carbons (Fsp3) is 0. The average molecular weight is 237 g/mol. The van der Waals surface area contributed by atoms with Gasteiger partial charge in [-0.25, -0.2) is 4.98 Å². The molecule has 1 aromatic heterocycles. The van der Waals surface area contributed by atoms with Gasteiger partial charge in [-0.15, -0.1) is 0 Å². The Morgan fingerprint density at radius 3 is 2.94 bits per heavy atom. The van der Waals surface area contributed by atoms with Gasteiger partial charge < -0.3 is 16.0 Å². The van der Waals surface area contributed by atoms with Crippen LogP contribution in [-0.4, -0.2) is 9.97 Å². The molecule has 5 nitrogen and oxygen atoms in total. The molecule has 0 atom stereocenters. The molecule has 1 aromatic carbocycles. The summed E-state index contributed by atoms with van der Waals surface area (Å²) in [6, 6.07) is 6.37. The number of anilines is 3. The highest BCUT2D eigenvalue weighted by molar-refractivity contribution is 6.33. The minimum absolute atomic E-state index is 0.238. The largest absolute Gasteiger partial charge is 0.399 e. The summed E-state index contributed by atoms with van der Waals surface area (Å²) in [4.78, 5) is 17.4. The lowest BCUT2D eigenvalue weighted by Gasteiger charge is -2.07. The second-order valence-corrected chi connectivity index (χ2v) is 3.57. The molecule has 2 rings (SSSR count). The Morgan fingerprint density at radius 1 is 1.38 bits per heavy atom. The van der Waals surface area contributed by atoms with Gasteiger partial charge in [-0.3, -0.25) is 4.79 Å². The number of hydrogen-bond donors (Lipinski definition) is 3. The standard InChI is InChI=1S/C10H9ClN4O/c11-7-2-1-6(12)3-8(7)15-9-4-10(16)14-5-13-9/h1-5H,12H2,(H2,13,14,15,16). The molecule has 0 amide bonds. The van der Waals surface area contributed by atoms with E-state index in [2.05, 4.69) is 15.3 Å². The fourth-order valence-electron chi connectivity index (χ4n) is 1.21. The molecule has 0 saturated heterocycles. The van der Waals surface area contributed by atoms with E-state index in [1.807, 2.05) is 0 Å². The number of nitrogens with zero attached hydrogens (tertiary/aromatic N) is 1. The highest BCUT2D eigenvalue weighted by Crippen LogP contribution is 2.26. The summed E-state index contributed by atoms with van der Waals surface area (Å²) in [5, 5.41) is 3.42. The predicted octanol–water partition coefficient (Wildman–Crippen LogP) is 1.75. The molecule has 0 aliphatic carbocycles. The van der Waals surface area contributed by atoms with Crippen LogP contribution < -0.4 is 16.6 Å². The number of H-pyrrole nitrogens is 1. The molecule has 6 heteroatoms. The summed E-state index contributed by atoms with van der Waals surface area (Å²) in [6.07, 6.45) is 1.31. The molecule has 0 radical (unpaired) electrons. The maximum Gasteiger partial charge on any atom is 0.252 e. The molecule has 4 N–H and O–H groups in total. The summed E-state index contributed by atoms with van der Waals surface area (Å²) in [7, 11) is 0. The highest BCUT2D eigenvalue weighted by Gasteiger charge is 2.02. The molecule has 82 valence electrons. The third-order valence-corrected chi connectivity index (χ3v) is 2.26. The number of nitrogen functional groups attached to an aromatic ring is 1. The Hall–Kier alpha value is -2.01. The first-order valence-corrected chi connectivity index (χ1v) is 4.90. The third kappa shape index (κ3) is 2.32. The smallest absolute Gasteiger partial charge is 0.252 e. The number of hydrogen-bond acceptors (Lipinski definition) is 4. The maximum atomic E-state index is 11.0. The van der Waals surface area contributed by atoms with Gasteiger partial charge in [0.2, 0.25) is 0 Å². The maximum absolute atomic E-state index is 11.0. The Kier molecular flexibility index (Phi) is 2.78. The van der Waals surface area contributed by atoms with Crippen LogP contribution in [0.3, 0.4) is 0 Å². The van der Waals surface area contributed by atoms with Gasteiger partial charge in [0.1, 0.15) is 5.82 Å². The molecule has 0 aliphatic rings. The van der Waals surface area contributed by atoms with Gasteiger partial charge in [-0.05, 0) is 18.2 Å². The number of halogens is 1. The van der Waals surface area contributed by atoms with Crippen LogP contribution in [0.4, 0.5) is 17.2 Å². The Balaban J connectivity index is 2.33. The van der Waals surface area contributed by atoms with Gasteiger partial charge in [0.25, 0.3) is 5.56 Å². The van der Waals surface area contributed by atoms with E-state index in [9.17, 15) is 4.79 Å². The van der Waals surface area contributed by atoms with Crippen molar-refractivity contribution in [2.45, 2.75) is 0 Å². The zero-order valence-electron chi connectivity index (χ0n) is 8.20. The van der Waals surface area contributed by atoms with Crippen LogP contribution in [0.2, 0.25) is 5.02 Å². The van der Waals surface area contributed by atoms with Gasteiger partial charge in [-0.1, -0.05) is 11.6 Å². The summed E-state index contributed by atoms with van der Waals surface area (Å²) in [5.41, 5.74) is 6.58. The monoisotopic (exact) mass is 236 g/mol. The van der Waals surface area contributed by atoms with Crippen LogP contribution >= 0.6 is 11.6 Å². The van der Waals surface area contributed by atoms with Crippen molar-refractivity contribution in [3.63, 3.8) is 0 Å². The van der Waals surface area contributed by atoms with Crippen LogP contribution in [0.1, 0.15) is 0 Å². The van der Waals surface area contributed by atoms with Crippen molar-refractivity contribution in [3.05, 3.63) is 46.0 Å². The number of nitrogens with one attached hydrogen (secondary N) is 2. The van der Waals surface area contributed by atoms with E-state index in [4.69, 9.17) is 17.3 Å². The first-order chi connectivity index (χ1) is 7.65. The topological polar surface area (TPSA) is 83.8 Å². The molecule has 0 saturated carbocycles. The van der Waals surface area contributed by atoms with E-state index in [-0.39, 0.29) is 5.56 Å². The van der Waals surface area contributed by atoms with Gasteiger partial charge in [0, 0.05) is 11.8 Å². The lowest BCUT2D eigenvalue weighted by atomic mass is 10.3. The van der Waals surface area contributed by atoms with Crippen LogP contribution in [0.15, 0.2) is 35.4 Å². The van der Waals surface area contributed by atoms with Crippen molar-refractivity contribution >= 4 is 28.8 Å². The summed E-state index contributed by atoms with van der Waals surface area (Å²) >= 11 is 5.95. The van der Waals surface area contributed by atoms with E-state index in [1.165, 1.54) is 12.4 Å². The zero-order chi connectivity index (χ0) is 11.5. The quantitative estimate of drug-likeness (QED) is 0.694. The number of aromatic amines is 1. The minimum atomic E-state index is -0.238. The molecule has 16 heavy (non-hydrogen) atoms. The first-order valence-electron chi connectivity index (χ1n) is 4.52. The number of nitrogens with two attached hydrogens (primary N) is 1. The third-order valence-electron chi connectivity index (χ3n) is 1.93. The van der Waals surface area contributed by atoms with Crippen molar-refractivity contribution in [1.82, 2.24) is 9.97 Å². The summed E-state index contributed by atoms with van der Waals surface area (Å²) in [5.74, 6) is 0.413. The van der Waals surface area contributed by atoms with Gasteiger partial charge in [0.15, 0.2) is 0 Å². The molecule has 0 bridgehead atoms. The molecule has 1 heterocycles. The predicted molar refractivity (Wildman–Crippen MR) is 64.0 cm³/mol. The molecule has 0 spiro atoms. The first kappa shape index (κ1) is 10.5. The highest BCUT2D eigenvalue weighted by atomic mass is 35.5. The van der Waals surface area contributed by atoms with Crippen LogP contribution in [-0.2, 0) is 0 Å². The molecule has 0 fully saturated rings. The van der Waals surface area contributed by atoms with Crippen LogP contribution in [0.25, 0.3) is 0 Å². The lowest BCUT2D eigenvalue weighted by molar-refractivity contribution is 1.12. The Morgan fingerprint density at radius 2 is 2.19 bits per heavy atom. The molecule has 0 aliphatic heterocycles. The van der Waals surface area contributed by atoms with E-state index in [0.717, 1.165) is 0 Å². The summed E-state index contributed by atoms with van der Waals surface area (Å²) in [6.45, 7) is 0. The van der Waals surface area contributed by atoms with E-state index in [1.54, 1.807) is 18.2 Å². The molecular formula is C10H9ClN4O. The van der Waals surface area contributed by atoms with Gasteiger partial charge >= 0.3 is 0 Å². The normalized spacial score (nSPS) is 10.1. The Bertz CT molecular complexity index is 567. The SMILES string of the molecule is Nc1ccc(Cl)c(Nc2cc(=O)[nH]cn2)c1. The van der Waals surface area contributed by atoms with Crippen molar-refractivity contribution in [2.75, 3.05) is 11.1 Å². The van der Waals surface area contributed by atoms with Crippen molar-refractivity contribution in [2.24, 2.45) is 0 Å².